The largest absolute Gasteiger partial charge is 0.488 e. The molecule has 1 amide bonds. The van der Waals surface area contributed by atoms with Crippen molar-refractivity contribution in [1.29, 1.82) is 0 Å². The first-order valence-corrected chi connectivity index (χ1v) is 18.9. The Kier molecular flexibility index (Phi) is 8.38. The lowest BCUT2D eigenvalue weighted by molar-refractivity contribution is -0.194. The number of rotatable bonds is 6. The van der Waals surface area contributed by atoms with Crippen LogP contribution >= 0.6 is 0 Å². The minimum atomic E-state index is -4.07. The molecule has 1 aromatic rings. The van der Waals surface area contributed by atoms with Crippen LogP contribution in [0.15, 0.2) is 23.1 Å². The Hall–Kier alpha value is -1.80. The van der Waals surface area contributed by atoms with Gasteiger partial charge in [-0.2, -0.15) is 0 Å². The second-order valence-electron chi connectivity index (χ2n) is 16.3. The van der Waals surface area contributed by atoms with Gasteiger partial charge in [-0.1, -0.05) is 47.0 Å². The zero-order valence-electron chi connectivity index (χ0n) is 27.7. The minimum absolute atomic E-state index is 0.0396. The first-order valence-electron chi connectivity index (χ1n) is 17.4. The molecule has 4 unspecified atom stereocenters. The van der Waals surface area contributed by atoms with Crippen LogP contribution in [0.1, 0.15) is 111 Å². The summed E-state index contributed by atoms with van der Waals surface area (Å²) in [6.07, 6.45) is 11.1. The summed E-state index contributed by atoms with van der Waals surface area (Å²) in [5.74, 6) is 3.60. The summed E-state index contributed by atoms with van der Waals surface area (Å²) >= 11 is 0. The molecule has 6 rings (SSSR count). The Balaban J connectivity index is 1.10. The monoisotopic (exact) mass is 629 g/mol. The third kappa shape index (κ3) is 5.38. The van der Waals surface area contributed by atoms with Crippen LogP contribution in [0.5, 0.6) is 5.75 Å². The number of hydrogen-bond donors (Lipinski definition) is 2. The van der Waals surface area contributed by atoms with Gasteiger partial charge in [-0.25, -0.2) is 17.9 Å². The highest BCUT2D eigenvalue weighted by atomic mass is 32.2. The first kappa shape index (κ1) is 32.2. The first-order chi connectivity index (χ1) is 20.7. The molecule has 0 bridgehead atoms. The van der Waals surface area contributed by atoms with Gasteiger partial charge in [-0.15, -0.1) is 0 Å². The lowest BCUT2D eigenvalue weighted by atomic mass is 9.41. The van der Waals surface area contributed by atoms with Gasteiger partial charge in [0, 0.05) is 0 Å². The van der Waals surface area contributed by atoms with Crippen molar-refractivity contribution in [2.45, 2.75) is 129 Å². The van der Waals surface area contributed by atoms with Gasteiger partial charge < -0.3 is 14.6 Å². The number of aliphatic hydroxyl groups excluding tert-OH is 1. The Morgan fingerprint density at radius 1 is 1.02 bits per heavy atom. The zero-order valence-corrected chi connectivity index (χ0v) is 28.5. The fraction of sp³-hybridized carbons (Fsp3) is 0.806. The summed E-state index contributed by atoms with van der Waals surface area (Å²) in [4.78, 5) is 12.8. The molecule has 0 spiro atoms. The van der Waals surface area contributed by atoms with Crippen molar-refractivity contribution in [2.24, 2.45) is 52.3 Å². The zero-order chi connectivity index (χ0) is 31.7. The lowest BCUT2D eigenvalue weighted by Crippen LogP contribution is -2.61. The molecule has 5 aliphatic rings. The van der Waals surface area contributed by atoms with E-state index in [2.05, 4.69) is 32.4 Å². The molecule has 10 atom stereocenters. The number of fused-ring (bicyclic) bond motifs is 6. The number of carbonyl (C=O) groups is 1. The molecule has 1 aliphatic heterocycles. The molecule has 246 valence electrons. The Morgan fingerprint density at radius 3 is 2.52 bits per heavy atom. The fourth-order valence-corrected chi connectivity index (χ4v) is 12.3. The van der Waals surface area contributed by atoms with Crippen LogP contribution in [0.2, 0.25) is 0 Å². The van der Waals surface area contributed by atoms with Crippen LogP contribution in [0.25, 0.3) is 0 Å². The van der Waals surface area contributed by atoms with Gasteiger partial charge in [0.15, 0.2) is 0 Å². The normalized spacial score (nSPS) is 39.9. The molecule has 0 saturated heterocycles. The van der Waals surface area contributed by atoms with Crippen molar-refractivity contribution in [2.75, 3.05) is 6.61 Å². The third-order valence-electron chi connectivity index (χ3n) is 13.5. The quantitative estimate of drug-likeness (QED) is 0.338. The standard InChI is InChI=1S/C36H55NO6S/c1-7-25-27-10-8-9-17-35(27,5)29-16-19-36(6)26(12-13-28(36)31(29)32(25)38)22(2)21-42-33(39)37-44(40,41)24-11-14-30-23(20-24)15-18-34(3,4)43-30/h11,14,20,22,25-29,31-32,38H,7-10,12-13,15-19,21H2,1-6H3,(H,37,39)/t22-,25-,26?,27?,28+,29+,31+,32-,35?,36?/m1/s1. The molecular formula is C36H55NO6S. The Morgan fingerprint density at radius 2 is 1.77 bits per heavy atom. The summed E-state index contributed by atoms with van der Waals surface area (Å²) in [6.45, 7) is 13.6. The predicted octanol–water partition coefficient (Wildman–Crippen LogP) is 7.50. The Bertz CT molecular complexity index is 1360. The number of hydrogen-bond acceptors (Lipinski definition) is 6. The van der Waals surface area contributed by atoms with E-state index in [-0.39, 0.29) is 34.5 Å². The molecule has 8 heteroatoms. The summed E-state index contributed by atoms with van der Waals surface area (Å²) in [5.41, 5.74) is 0.965. The molecule has 1 aromatic carbocycles. The molecule has 0 radical (unpaired) electrons. The van der Waals surface area contributed by atoms with Gasteiger partial charge in [0.2, 0.25) is 0 Å². The molecule has 44 heavy (non-hydrogen) atoms. The number of benzene rings is 1. The lowest BCUT2D eigenvalue weighted by Gasteiger charge is -2.64. The van der Waals surface area contributed by atoms with Gasteiger partial charge in [0.1, 0.15) is 11.4 Å². The summed E-state index contributed by atoms with van der Waals surface area (Å²) in [5, 5.41) is 11.9. The maximum absolute atomic E-state index is 13.1. The molecule has 2 N–H and O–H groups in total. The van der Waals surface area contributed by atoms with Crippen LogP contribution in [0.4, 0.5) is 4.79 Å². The number of amides is 1. The van der Waals surface area contributed by atoms with E-state index in [1.165, 1.54) is 38.2 Å². The van der Waals surface area contributed by atoms with Gasteiger partial charge in [-0.05, 0) is 141 Å². The van der Waals surface area contributed by atoms with Crippen molar-refractivity contribution in [3.8, 4) is 5.75 Å². The molecule has 0 aromatic heterocycles. The van der Waals surface area contributed by atoms with E-state index < -0.39 is 16.1 Å². The highest BCUT2D eigenvalue weighted by Crippen LogP contribution is 2.69. The van der Waals surface area contributed by atoms with E-state index in [0.717, 1.165) is 37.7 Å². The number of aryl methyl sites for hydroxylation is 1. The molecule has 4 aliphatic carbocycles. The van der Waals surface area contributed by atoms with Crippen molar-refractivity contribution in [1.82, 2.24) is 4.72 Å². The maximum Gasteiger partial charge on any atom is 0.421 e. The van der Waals surface area contributed by atoms with Crippen LogP contribution < -0.4 is 9.46 Å². The molecule has 4 saturated carbocycles. The van der Waals surface area contributed by atoms with Crippen molar-refractivity contribution >= 4 is 16.1 Å². The second kappa shape index (κ2) is 11.5. The summed E-state index contributed by atoms with van der Waals surface area (Å²) in [6, 6.07) is 4.75. The average molecular weight is 630 g/mol. The second-order valence-corrected chi connectivity index (χ2v) is 17.9. The van der Waals surface area contributed by atoms with Gasteiger partial charge in [0.25, 0.3) is 10.0 Å². The van der Waals surface area contributed by atoms with E-state index >= 15 is 0 Å². The van der Waals surface area contributed by atoms with E-state index in [0.29, 0.717) is 53.1 Å². The maximum atomic E-state index is 13.1. The third-order valence-corrected chi connectivity index (χ3v) is 14.8. The molecule has 4 fully saturated rings. The van der Waals surface area contributed by atoms with Crippen molar-refractivity contribution < 1.29 is 27.8 Å². The molecule has 1 heterocycles. The van der Waals surface area contributed by atoms with E-state index in [9.17, 15) is 18.3 Å². The summed E-state index contributed by atoms with van der Waals surface area (Å²) < 4.78 is 39.8. The molecule has 7 nitrogen and oxygen atoms in total. The number of aliphatic hydroxyl groups is 1. The van der Waals surface area contributed by atoms with Gasteiger partial charge >= 0.3 is 6.09 Å². The minimum Gasteiger partial charge on any atom is -0.488 e. The highest BCUT2D eigenvalue weighted by molar-refractivity contribution is 7.90. The topological polar surface area (TPSA) is 102 Å². The Labute approximate surface area is 265 Å². The van der Waals surface area contributed by atoms with Crippen molar-refractivity contribution in [3.63, 3.8) is 0 Å². The van der Waals surface area contributed by atoms with E-state index in [1.54, 1.807) is 12.1 Å². The number of ether oxygens (including phenoxy) is 2. The van der Waals surface area contributed by atoms with Crippen LogP contribution in [-0.4, -0.2) is 37.9 Å². The number of carbonyl (C=O) groups excluding carboxylic acids is 1. The van der Waals surface area contributed by atoms with E-state index in [4.69, 9.17) is 9.47 Å². The number of nitrogens with one attached hydrogen (secondary N) is 1. The summed E-state index contributed by atoms with van der Waals surface area (Å²) in [7, 11) is -4.07. The highest BCUT2D eigenvalue weighted by Gasteiger charge is 2.64. The average Bonchev–Trinajstić information content (AvgIpc) is 3.32. The number of sulfonamides is 1. The smallest absolute Gasteiger partial charge is 0.421 e. The van der Waals surface area contributed by atoms with Crippen LogP contribution in [0.3, 0.4) is 0 Å². The van der Waals surface area contributed by atoms with Crippen LogP contribution in [0, 0.1) is 52.3 Å². The van der Waals surface area contributed by atoms with Crippen LogP contribution in [-0.2, 0) is 21.2 Å². The predicted molar refractivity (Wildman–Crippen MR) is 171 cm³/mol. The van der Waals surface area contributed by atoms with Gasteiger partial charge in [0.05, 0.1) is 17.6 Å². The van der Waals surface area contributed by atoms with E-state index in [1.807, 2.05) is 13.8 Å². The SMILES string of the molecule is CC[C@@H]1C2CCCCC2(C)[C@H]2CCC3(C)C([C@H](C)COC(=O)NS(=O)(=O)c4ccc5c(c4)CCC(C)(C)O5)CC[C@H]3[C@@H]2[C@@H]1O. The van der Waals surface area contributed by atoms with Crippen molar-refractivity contribution in [3.05, 3.63) is 23.8 Å². The fourth-order valence-electron chi connectivity index (χ4n) is 11.3. The van der Waals surface area contributed by atoms with Gasteiger partial charge in [-0.3, -0.25) is 0 Å². The molecular weight excluding hydrogens is 574 g/mol.